The molecule has 0 spiro atoms. The van der Waals surface area contributed by atoms with Crippen molar-refractivity contribution >= 4 is 40.7 Å². The molecule has 0 saturated carbocycles. The number of hydrazone groups is 1. The highest BCUT2D eigenvalue weighted by atomic mass is 35.5. The van der Waals surface area contributed by atoms with Crippen molar-refractivity contribution in [1.82, 2.24) is 5.01 Å². The number of thioether (sulfide) groups is 1. The molecule has 0 fully saturated rings. The van der Waals surface area contributed by atoms with Crippen molar-refractivity contribution < 1.29 is 22.4 Å². The smallest absolute Gasteiger partial charge is 0.322 e. The molecule has 10 heteroatoms. The van der Waals surface area contributed by atoms with Gasteiger partial charge in [-0.2, -0.15) is 30.0 Å². The van der Waals surface area contributed by atoms with Crippen molar-refractivity contribution in [3.05, 3.63) is 64.4 Å². The maximum atomic E-state index is 14.1. The lowest BCUT2D eigenvalue weighted by Crippen LogP contribution is -2.35. The molecule has 0 bridgehead atoms. The molecule has 4 nitrogen and oxygen atoms in total. The molecule has 1 heterocycles. The third kappa shape index (κ3) is 6.41. The van der Waals surface area contributed by atoms with Gasteiger partial charge in [-0.1, -0.05) is 30.7 Å². The largest absolute Gasteiger partial charge is 0.416 e. The van der Waals surface area contributed by atoms with Gasteiger partial charge in [-0.25, -0.2) is 4.39 Å². The van der Waals surface area contributed by atoms with Crippen LogP contribution in [0.3, 0.4) is 0 Å². The van der Waals surface area contributed by atoms with Crippen LogP contribution in [0.15, 0.2) is 47.6 Å². The highest BCUT2D eigenvalue weighted by Gasteiger charge is 2.39. The van der Waals surface area contributed by atoms with E-state index >= 15 is 0 Å². The quantitative estimate of drug-likeness (QED) is 0.341. The molecule has 0 aliphatic carbocycles. The Morgan fingerprint density at radius 1 is 1.24 bits per heavy atom. The van der Waals surface area contributed by atoms with Crippen LogP contribution in [0.4, 0.5) is 23.2 Å². The minimum atomic E-state index is -4.66. The average molecular weight is 502 g/mol. The fourth-order valence-electron chi connectivity index (χ4n) is 3.83. The van der Waals surface area contributed by atoms with Crippen molar-refractivity contribution in [1.29, 1.82) is 0 Å². The third-order valence-electron chi connectivity index (χ3n) is 5.44. The number of anilines is 1. The normalized spacial score (nSPS) is 18.4. The van der Waals surface area contributed by atoms with E-state index in [4.69, 9.17) is 11.6 Å². The minimum absolute atomic E-state index is 0.157. The Morgan fingerprint density at radius 2 is 1.94 bits per heavy atom. The van der Waals surface area contributed by atoms with Crippen molar-refractivity contribution in [3.63, 3.8) is 0 Å². The maximum absolute atomic E-state index is 14.1. The van der Waals surface area contributed by atoms with E-state index in [9.17, 15) is 22.4 Å². The molecule has 1 unspecified atom stereocenters. The molecule has 1 N–H and O–H groups in total. The lowest BCUT2D eigenvalue weighted by atomic mass is 9.78. The number of hydrogen-bond acceptors (Lipinski definition) is 4. The fraction of sp³-hybridized carbons (Fsp3) is 0.391. The molecule has 2 aromatic rings. The van der Waals surface area contributed by atoms with Crippen LogP contribution >= 0.6 is 23.4 Å². The molecular formula is C23H24ClF4N3OS. The zero-order chi connectivity index (χ0) is 24.2. The van der Waals surface area contributed by atoms with Gasteiger partial charge in [0.2, 0.25) is 5.91 Å². The summed E-state index contributed by atoms with van der Waals surface area (Å²) in [5, 5.41) is 9.23. The summed E-state index contributed by atoms with van der Waals surface area (Å²) >= 11 is 7.77. The molecule has 3 rings (SSSR count). The van der Waals surface area contributed by atoms with E-state index in [0.29, 0.717) is 17.6 Å². The second kappa shape index (κ2) is 10.3. The lowest BCUT2D eigenvalue weighted by Gasteiger charge is -2.26. The molecule has 0 saturated heterocycles. The van der Waals surface area contributed by atoms with E-state index in [1.807, 2.05) is 18.4 Å². The standard InChI is InChI=1S/C23H24ClF4N3OS/c1-22(10-3-11-33-2)14-31(30-21(22)15-4-7-17(24)8-5-15)13-20(32)29-19-9-6-16(12-18(19)25)23(26,27)28/h4-9,12H,3,10-11,13-14H2,1-2H3,(H,29,32). The van der Waals surface area contributed by atoms with Gasteiger partial charge in [0.25, 0.3) is 0 Å². The summed E-state index contributed by atoms with van der Waals surface area (Å²) in [5.41, 5.74) is 0.0211. The second-order valence-electron chi connectivity index (χ2n) is 8.18. The topological polar surface area (TPSA) is 44.7 Å². The SMILES string of the molecule is CSCCCC1(C)CN(CC(=O)Nc2ccc(C(F)(F)F)cc2F)N=C1c1ccc(Cl)cc1. The number of nitrogens with zero attached hydrogens (tertiary/aromatic N) is 2. The van der Waals surface area contributed by atoms with Crippen LogP contribution in [0, 0.1) is 11.2 Å². The van der Waals surface area contributed by atoms with Gasteiger partial charge in [0, 0.05) is 17.0 Å². The van der Waals surface area contributed by atoms with E-state index in [2.05, 4.69) is 17.3 Å². The fourth-order valence-corrected chi connectivity index (χ4v) is 4.39. The monoisotopic (exact) mass is 501 g/mol. The highest BCUT2D eigenvalue weighted by molar-refractivity contribution is 7.98. The number of carbonyl (C=O) groups excluding carboxylic acids is 1. The lowest BCUT2D eigenvalue weighted by molar-refractivity contribution is -0.137. The van der Waals surface area contributed by atoms with Gasteiger partial charge in [0.1, 0.15) is 12.4 Å². The predicted molar refractivity (Wildman–Crippen MR) is 125 cm³/mol. The Hall–Kier alpha value is -2.26. The Morgan fingerprint density at radius 3 is 2.55 bits per heavy atom. The Labute approximate surface area is 199 Å². The first kappa shape index (κ1) is 25.4. The van der Waals surface area contributed by atoms with Gasteiger partial charge in [-0.15, -0.1) is 0 Å². The molecule has 2 aromatic carbocycles. The van der Waals surface area contributed by atoms with Gasteiger partial charge in [-0.3, -0.25) is 9.80 Å². The van der Waals surface area contributed by atoms with Gasteiger partial charge in [0.05, 0.1) is 17.0 Å². The van der Waals surface area contributed by atoms with Crippen LogP contribution in [0.25, 0.3) is 0 Å². The van der Waals surface area contributed by atoms with Gasteiger partial charge in [0.15, 0.2) is 0 Å². The molecule has 1 amide bonds. The second-order valence-corrected chi connectivity index (χ2v) is 9.60. The first-order chi connectivity index (χ1) is 15.5. The summed E-state index contributed by atoms with van der Waals surface area (Å²) in [4.78, 5) is 12.5. The Balaban J connectivity index is 1.74. The van der Waals surface area contributed by atoms with E-state index in [0.717, 1.165) is 42.0 Å². The molecule has 178 valence electrons. The molecule has 1 aliphatic heterocycles. The molecule has 33 heavy (non-hydrogen) atoms. The summed E-state index contributed by atoms with van der Waals surface area (Å²) < 4.78 is 52.3. The number of benzene rings is 2. The number of halogens is 5. The Kier molecular flexibility index (Phi) is 7.95. The van der Waals surface area contributed by atoms with E-state index in [-0.39, 0.29) is 17.6 Å². The van der Waals surface area contributed by atoms with E-state index < -0.39 is 23.5 Å². The van der Waals surface area contributed by atoms with Crippen LogP contribution in [0.2, 0.25) is 5.02 Å². The molecular weight excluding hydrogens is 478 g/mol. The number of rotatable bonds is 8. The van der Waals surface area contributed by atoms with Gasteiger partial charge in [-0.05, 0) is 60.7 Å². The molecule has 0 radical (unpaired) electrons. The number of amides is 1. The average Bonchev–Trinajstić information content (AvgIpc) is 3.05. The van der Waals surface area contributed by atoms with Crippen LogP contribution in [-0.2, 0) is 11.0 Å². The number of carbonyl (C=O) groups is 1. The summed E-state index contributed by atoms with van der Waals surface area (Å²) in [5.74, 6) is -0.718. The zero-order valence-corrected chi connectivity index (χ0v) is 19.8. The maximum Gasteiger partial charge on any atom is 0.416 e. The first-order valence-corrected chi connectivity index (χ1v) is 12.0. The number of nitrogens with one attached hydrogen (secondary N) is 1. The molecule has 0 aromatic heterocycles. The highest BCUT2D eigenvalue weighted by Crippen LogP contribution is 2.36. The third-order valence-corrected chi connectivity index (χ3v) is 6.38. The van der Waals surface area contributed by atoms with Crippen molar-refractivity contribution in [2.24, 2.45) is 10.5 Å². The first-order valence-electron chi connectivity index (χ1n) is 10.3. The van der Waals surface area contributed by atoms with E-state index in [1.165, 1.54) is 0 Å². The summed E-state index contributed by atoms with van der Waals surface area (Å²) in [7, 11) is 0. The van der Waals surface area contributed by atoms with Gasteiger partial charge < -0.3 is 5.32 Å². The summed E-state index contributed by atoms with van der Waals surface area (Å²) in [6.45, 7) is 2.42. The Bertz CT molecular complexity index is 1030. The number of hydrogen-bond donors (Lipinski definition) is 1. The zero-order valence-electron chi connectivity index (χ0n) is 18.2. The van der Waals surface area contributed by atoms with Crippen LogP contribution < -0.4 is 5.32 Å². The number of alkyl halides is 3. The van der Waals surface area contributed by atoms with Crippen LogP contribution in [0.1, 0.15) is 30.9 Å². The van der Waals surface area contributed by atoms with Crippen molar-refractivity contribution in [3.8, 4) is 0 Å². The van der Waals surface area contributed by atoms with E-state index in [1.54, 1.807) is 28.9 Å². The van der Waals surface area contributed by atoms with Crippen molar-refractivity contribution in [2.45, 2.75) is 25.9 Å². The van der Waals surface area contributed by atoms with Crippen molar-refractivity contribution in [2.75, 3.05) is 30.4 Å². The molecule has 1 aliphatic rings. The minimum Gasteiger partial charge on any atom is -0.322 e. The van der Waals surface area contributed by atoms with Crippen LogP contribution in [-0.4, -0.2) is 41.7 Å². The summed E-state index contributed by atoms with van der Waals surface area (Å²) in [6, 6.07) is 9.34. The van der Waals surface area contributed by atoms with Crippen LogP contribution in [0.5, 0.6) is 0 Å². The van der Waals surface area contributed by atoms with Gasteiger partial charge >= 0.3 is 6.18 Å². The summed E-state index contributed by atoms with van der Waals surface area (Å²) in [6.07, 6.45) is -0.781. The predicted octanol–water partition coefficient (Wildman–Crippen LogP) is 6.31. The molecule has 1 atom stereocenters.